The fourth-order valence-electron chi connectivity index (χ4n) is 1.70. The summed E-state index contributed by atoms with van der Waals surface area (Å²) >= 11 is 0. The first kappa shape index (κ1) is 15.2. The zero-order valence-corrected chi connectivity index (χ0v) is 10.4. The first-order chi connectivity index (χ1) is 9.90. The second-order valence-electron chi connectivity index (χ2n) is 4.24. The van der Waals surface area contributed by atoms with Crippen molar-refractivity contribution in [3.05, 3.63) is 64.7 Å². The molecule has 1 N–H and O–H groups in total. The quantitative estimate of drug-likeness (QED) is 0.632. The van der Waals surface area contributed by atoms with Crippen molar-refractivity contribution in [2.24, 2.45) is 0 Å². The Balaban J connectivity index is 2.17. The lowest BCUT2D eigenvalue weighted by molar-refractivity contribution is 0.151. The molecule has 2 aromatic carbocycles. The molecule has 0 fully saturated rings. The molecule has 2 aromatic rings. The third-order valence-corrected chi connectivity index (χ3v) is 2.81. The summed E-state index contributed by atoms with van der Waals surface area (Å²) in [6.07, 6.45) is -2.63. The van der Waals surface area contributed by atoms with Crippen molar-refractivity contribution < 1.29 is 26.3 Å². The lowest BCUT2D eigenvalue weighted by atomic mass is 10.1. The molecule has 0 spiro atoms. The molecule has 7 heteroatoms. The van der Waals surface area contributed by atoms with E-state index in [0.29, 0.717) is 5.56 Å². The van der Waals surface area contributed by atoms with Crippen molar-refractivity contribution in [1.29, 1.82) is 0 Å². The zero-order valence-electron chi connectivity index (χ0n) is 10.4. The van der Waals surface area contributed by atoms with Gasteiger partial charge >= 0.3 is 0 Å². The van der Waals surface area contributed by atoms with Crippen molar-refractivity contribution in [3.8, 4) is 0 Å². The van der Waals surface area contributed by atoms with Crippen LogP contribution in [0.4, 0.5) is 32.0 Å². The Morgan fingerprint density at radius 3 is 1.86 bits per heavy atom. The van der Waals surface area contributed by atoms with Crippen molar-refractivity contribution >= 4 is 5.69 Å². The average Bonchev–Trinajstić information content (AvgIpc) is 2.45. The number of anilines is 1. The van der Waals surface area contributed by atoms with E-state index in [-0.39, 0.29) is 18.2 Å². The van der Waals surface area contributed by atoms with Gasteiger partial charge in [-0.2, -0.15) is 0 Å². The van der Waals surface area contributed by atoms with Crippen molar-refractivity contribution in [1.82, 2.24) is 0 Å². The van der Waals surface area contributed by atoms with E-state index in [2.05, 4.69) is 5.32 Å². The highest BCUT2D eigenvalue weighted by molar-refractivity contribution is 5.47. The lowest BCUT2D eigenvalue weighted by Gasteiger charge is -2.10. The van der Waals surface area contributed by atoms with Crippen molar-refractivity contribution in [3.63, 3.8) is 0 Å². The zero-order chi connectivity index (χ0) is 15.6. The summed E-state index contributed by atoms with van der Waals surface area (Å²) in [7, 11) is 0. The van der Waals surface area contributed by atoms with Gasteiger partial charge in [-0.1, -0.05) is 24.3 Å². The van der Waals surface area contributed by atoms with Crippen LogP contribution in [0.1, 0.15) is 17.6 Å². The molecule has 0 amide bonds. The maximum atomic E-state index is 13.4. The Bertz CT molecular complexity index is 613. The molecule has 0 aliphatic heterocycles. The minimum atomic E-state index is -2.63. The van der Waals surface area contributed by atoms with E-state index in [1.807, 2.05) is 0 Å². The summed E-state index contributed by atoms with van der Waals surface area (Å²) < 4.78 is 77.4. The van der Waals surface area contributed by atoms with E-state index in [9.17, 15) is 26.3 Å². The summed E-state index contributed by atoms with van der Waals surface area (Å²) in [5.41, 5.74) is -0.721. The topological polar surface area (TPSA) is 12.0 Å². The molecule has 112 valence electrons. The van der Waals surface area contributed by atoms with Crippen LogP contribution >= 0.6 is 0 Å². The van der Waals surface area contributed by atoms with Gasteiger partial charge in [-0.3, -0.25) is 0 Å². The first-order valence-electron chi connectivity index (χ1n) is 5.84. The lowest BCUT2D eigenvalue weighted by Crippen LogP contribution is -2.07. The Morgan fingerprint density at radius 1 is 0.857 bits per heavy atom. The van der Waals surface area contributed by atoms with Gasteiger partial charge in [-0.25, -0.2) is 26.3 Å². The summed E-state index contributed by atoms with van der Waals surface area (Å²) in [5.74, 6) is -6.13. The van der Waals surface area contributed by atoms with Crippen LogP contribution in [0.2, 0.25) is 0 Å². The molecule has 0 aliphatic rings. The van der Waals surface area contributed by atoms with Gasteiger partial charge in [-0.05, 0) is 5.56 Å². The molecule has 21 heavy (non-hydrogen) atoms. The number of alkyl halides is 2. The average molecular weight is 305 g/mol. The highest BCUT2D eigenvalue weighted by Crippen LogP contribution is 2.25. The third kappa shape index (κ3) is 3.29. The number of benzene rings is 2. The summed E-state index contributed by atoms with van der Waals surface area (Å²) in [5, 5.41) is 2.21. The molecule has 0 unspecified atom stereocenters. The van der Waals surface area contributed by atoms with Crippen LogP contribution in [0.15, 0.2) is 30.3 Å². The van der Waals surface area contributed by atoms with E-state index in [4.69, 9.17) is 0 Å². The second-order valence-corrected chi connectivity index (χ2v) is 4.24. The minimum absolute atomic E-state index is 0.104. The fraction of sp³-hybridized carbons (Fsp3) is 0.143. The van der Waals surface area contributed by atoms with E-state index < -0.39 is 35.4 Å². The van der Waals surface area contributed by atoms with Crippen LogP contribution in [-0.2, 0) is 6.54 Å². The molecule has 0 heterocycles. The number of halogens is 6. The van der Waals surface area contributed by atoms with Gasteiger partial charge in [0.2, 0.25) is 0 Å². The third-order valence-electron chi connectivity index (χ3n) is 2.81. The molecule has 0 saturated heterocycles. The molecular formula is C14H9F6N. The van der Waals surface area contributed by atoms with E-state index >= 15 is 0 Å². The maximum Gasteiger partial charge on any atom is 0.263 e. The van der Waals surface area contributed by atoms with Gasteiger partial charge in [0.15, 0.2) is 23.3 Å². The predicted octanol–water partition coefficient (Wildman–Crippen LogP) is 4.79. The van der Waals surface area contributed by atoms with Crippen LogP contribution in [0, 0.1) is 23.3 Å². The van der Waals surface area contributed by atoms with Crippen LogP contribution in [0.3, 0.4) is 0 Å². The Labute approximate surface area is 116 Å². The standard InChI is InChI=1S/C14H9F6N/c15-9-5-10(16)12(18)13(11(9)17)21-6-7-1-3-8(4-2-7)14(19)20/h1-5,14,21H,6H2. The normalized spacial score (nSPS) is 11.0. The second kappa shape index (κ2) is 6.07. The van der Waals surface area contributed by atoms with Gasteiger partial charge in [-0.15, -0.1) is 0 Å². The summed E-state index contributed by atoms with van der Waals surface area (Å²) in [6, 6.07) is 5.05. The van der Waals surface area contributed by atoms with Crippen LogP contribution in [-0.4, -0.2) is 0 Å². The Kier molecular flexibility index (Phi) is 4.40. The first-order valence-corrected chi connectivity index (χ1v) is 5.84. The number of nitrogens with one attached hydrogen (secondary N) is 1. The highest BCUT2D eigenvalue weighted by Gasteiger charge is 2.18. The van der Waals surface area contributed by atoms with Crippen LogP contribution in [0.25, 0.3) is 0 Å². The number of hydrogen-bond acceptors (Lipinski definition) is 1. The maximum absolute atomic E-state index is 13.4. The SMILES string of the molecule is Fc1cc(F)c(F)c(NCc2ccc(C(F)F)cc2)c1F. The molecule has 0 aliphatic carbocycles. The molecule has 0 radical (unpaired) electrons. The monoisotopic (exact) mass is 305 g/mol. The number of hydrogen-bond donors (Lipinski definition) is 1. The smallest absolute Gasteiger partial charge is 0.263 e. The molecular weight excluding hydrogens is 296 g/mol. The van der Waals surface area contributed by atoms with Gasteiger partial charge in [0.05, 0.1) is 0 Å². The van der Waals surface area contributed by atoms with Crippen molar-refractivity contribution in [2.45, 2.75) is 13.0 Å². The molecule has 0 atom stereocenters. The Hall–Kier alpha value is -2.18. The molecule has 0 bridgehead atoms. The molecule has 0 aromatic heterocycles. The fourth-order valence-corrected chi connectivity index (χ4v) is 1.70. The summed E-state index contributed by atoms with van der Waals surface area (Å²) in [4.78, 5) is 0. The largest absolute Gasteiger partial charge is 0.376 e. The highest BCUT2D eigenvalue weighted by atomic mass is 19.3. The van der Waals surface area contributed by atoms with Gasteiger partial charge in [0, 0.05) is 18.2 Å². The summed E-state index contributed by atoms with van der Waals surface area (Å²) in [6.45, 7) is -0.180. The predicted molar refractivity (Wildman–Crippen MR) is 65.0 cm³/mol. The van der Waals surface area contributed by atoms with E-state index in [0.717, 1.165) is 12.1 Å². The molecule has 0 saturated carbocycles. The van der Waals surface area contributed by atoms with Gasteiger partial charge < -0.3 is 5.32 Å². The molecule has 2 rings (SSSR count). The van der Waals surface area contributed by atoms with E-state index in [1.165, 1.54) is 12.1 Å². The van der Waals surface area contributed by atoms with Gasteiger partial charge in [0.25, 0.3) is 6.43 Å². The van der Waals surface area contributed by atoms with Crippen LogP contribution < -0.4 is 5.32 Å². The minimum Gasteiger partial charge on any atom is -0.376 e. The Morgan fingerprint density at radius 2 is 1.38 bits per heavy atom. The number of rotatable bonds is 4. The van der Waals surface area contributed by atoms with Gasteiger partial charge in [0.1, 0.15) is 5.69 Å². The van der Waals surface area contributed by atoms with Crippen LogP contribution in [0.5, 0.6) is 0 Å². The molecule has 1 nitrogen and oxygen atoms in total. The van der Waals surface area contributed by atoms with E-state index in [1.54, 1.807) is 0 Å². The van der Waals surface area contributed by atoms with Crippen molar-refractivity contribution in [2.75, 3.05) is 5.32 Å².